The molecular weight excluding hydrogens is 321 g/mol. The van der Waals surface area contributed by atoms with Gasteiger partial charge in [0.15, 0.2) is 0 Å². The molecule has 0 unspecified atom stereocenters. The monoisotopic (exact) mass is 331 g/mol. The van der Waals surface area contributed by atoms with Crippen LogP contribution in [0.2, 0.25) is 10.0 Å². The topological polar surface area (TPSA) is 52.8 Å². The first-order chi connectivity index (χ1) is 10.6. The second-order valence-corrected chi connectivity index (χ2v) is 5.49. The molecule has 3 aromatic carbocycles. The van der Waals surface area contributed by atoms with Crippen molar-refractivity contribution < 1.29 is 10.3 Å². The molecule has 0 bridgehead atoms. The molecule has 0 aliphatic rings. The van der Waals surface area contributed by atoms with E-state index in [0.717, 1.165) is 16.3 Å². The van der Waals surface area contributed by atoms with Gasteiger partial charge >= 0.3 is 0 Å². The summed E-state index contributed by atoms with van der Waals surface area (Å²) in [6.45, 7) is 0. The van der Waals surface area contributed by atoms with E-state index in [4.69, 9.17) is 23.2 Å². The normalized spacial score (nSPS) is 11.8. The van der Waals surface area contributed by atoms with Crippen molar-refractivity contribution in [3.8, 4) is 5.75 Å². The van der Waals surface area contributed by atoms with Gasteiger partial charge in [0, 0.05) is 11.1 Å². The number of phenols is 1. The highest BCUT2D eigenvalue weighted by Gasteiger charge is 2.17. The van der Waals surface area contributed by atoms with Crippen LogP contribution in [0.4, 0.5) is 0 Å². The maximum absolute atomic E-state index is 9.60. The van der Waals surface area contributed by atoms with E-state index in [1.54, 1.807) is 6.07 Å². The van der Waals surface area contributed by atoms with Crippen LogP contribution in [0.1, 0.15) is 11.1 Å². The highest BCUT2D eigenvalue weighted by atomic mass is 35.5. The molecule has 0 fully saturated rings. The van der Waals surface area contributed by atoms with Crippen LogP contribution < -0.4 is 0 Å². The average Bonchev–Trinajstić information content (AvgIpc) is 2.55. The fourth-order valence-electron chi connectivity index (χ4n) is 2.41. The third-order valence-electron chi connectivity index (χ3n) is 3.46. The molecule has 2 N–H and O–H groups in total. The van der Waals surface area contributed by atoms with Crippen LogP contribution >= 0.6 is 23.2 Å². The predicted octanol–water partition coefficient (Wildman–Crippen LogP) is 5.08. The van der Waals surface area contributed by atoms with Crippen molar-refractivity contribution in [3.05, 3.63) is 75.8 Å². The van der Waals surface area contributed by atoms with E-state index in [0.29, 0.717) is 11.3 Å². The Kier molecular flexibility index (Phi) is 3.92. The van der Waals surface area contributed by atoms with Crippen molar-refractivity contribution >= 4 is 39.7 Å². The lowest BCUT2D eigenvalue weighted by molar-refractivity contribution is 0.319. The van der Waals surface area contributed by atoms with Gasteiger partial charge in [0.2, 0.25) is 0 Å². The summed E-state index contributed by atoms with van der Waals surface area (Å²) in [5, 5.41) is 24.6. The first kappa shape index (κ1) is 14.7. The zero-order chi connectivity index (χ0) is 15.7. The van der Waals surface area contributed by atoms with E-state index in [1.165, 1.54) is 6.07 Å². The van der Waals surface area contributed by atoms with E-state index >= 15 is 0 Å². The van der Waals surface area contributed by atoms with Crippen molar-refractivity contribution in [2.75, 3.05) is 0 Å². The fourth-order valence-corrected chi connectivity index (χ4v) is 2.82. The van der Waals surface area contributed by atoms with Gasteiger partial charge < -0.3 is 10.3 Å². The third-order valence-corrected chi connectivity index (χ3v) is 4.33. The molecule has 5 heteroatoms. The second kappa shape index (κ2) is 5.87. The molecule has 22 heavy (non-hydrogen) atoms. The van der Waals surface area contributed by atoms with Gasteiger partial charge in [-0.3, -0.25) is 0 Å². The molecule has 3 rings (SSSR count). The van der Waals surface area contributed by atoms with E-state index < -0.39 is 0 Å². The van der Waals surface area contributed by atoms with Gasteiger partial charge in [0.25, 0.3) is 0 Å². The van der Waals surface area contributed by atoms with Gasteiger partial charge in [-0.2, -0.15) is 0 Å². The number of nitrogens with zero attached hydrogens (tertiary/aromatic N) is 1. The number of hydrogen-bond acceptors (Lipinski definition) is 3. The van der Waals surface area contributed by atoms with Crippen LogP contribution in [0.3, 0.4) is 0 Å². The maximum atomic E-state index is 9.60. The lowest BCUT2D eigenvalue weighted by Gasteiger charge is -2.11. The fraction of sp³-hybridized carbons (Fsp3) is 0. The van der Waals surface area contributed by atoms with E-state index in [2.05, 4.69) is 5.16 Å². The standard InChI is InChI=1S/C17H11Cl2NO2/c18-15-13(8-9-14(21)16(15)19)17(20-22)12-7-3-5-10-4-1-2-6-11(10)12/h1-9,21-22H/b20-17+. The molecule has 0 atom stereocenters. The number of hydrogen-bond donors (Lipinski definition) is 2. The molecule has 0 aliphatic carbocycles. The number of aromatic hydroxyl groups is 1. The summed E-state index contributed by atoms with van der Waals surface area (Å²) < 4.78 is 0. The molecule has 0 saturated heterocycles. The SMILES string of the molecule is O/N=C(/c1ccc(O)c(Cl)c1Cl)c1cccc2ccccc12. The molecule has 3 aromatic rings. The van der Waals surface area contributed by atoms with Crippen LogP contribution in [0, 0.1) is 0 Å². The predicted molar refractivity (Wildman–Crippen MR) is 89.5 cm³/mol. The minimum absolute atomic E-state index is 0.0283. The Morgan fingerprint density at radius 2 is 1.55 bits per heavy atom. The van der Waals surface area contributed by atoms with Gasteiger partial charge in [-0.05, 0) is 22.9 Å². The van der Waals surface area contributed by atoms with Crippen molar-refractivity contribution in [1.29, 1.82) is 0 Å². The Bertz CT molecular complexity index is 886. The molecule has 0 heterocycles. The van der Waals surface area contributed by atoms with E-state index in [-0.39, 0.29) is 15.8 Å². The van der Waals surface area contributed by atoms with Gasteiger partial charge in [-0.25, -0.2) is 0 Å². The van der Waals surface area contributed by atoms with Crippen molar-refractivity contribution in [1.82, 2.24) is 0 Å². The summed E-state index contributed by atoms with van der Waals surface area (Å²) in [5.74, 6) is -0.120. The smallest absolute Gasteiger partial charge is 0.135 e. The summed E-state index contributed by atoms with van der Waals surface area (Å²) in [5.41, 5.74) is 1.47. The van der Waals surface area contributed by atoms with Crippen molar-refractivity contribution in [2.24, 2.45) is 5.16 Å². The number of oxime groups is 1. The summed E-state index contributed by atoms with van der Waals surface area (Å²) in [6, 6.07) is 16.4. The largest absolute Gasteiger partial charge is 0.506 e. The lowest BCUT2D eigenvalue weighted by atomic mass is 9.96. The number of phenolic OH excluding ortho intramolecular Hbond substituents is 1. The molecule has 0 spiro atoms. The summed E-state index contributed by atoms with van der Waals surface area (Å²) in [4.78, 5) is 0. The number of rotatable bonds is 2. The molecule has 110 valence electrons. The number of fused-ring (bicyclic) bond motifs is 1. The average molecular weight is 332 g/mol. The minimum atomic E-state index is -0.120. The summed E-state index contributed by atoms with van der Waals surface area (Å²) in [7, 11) is 0. The van der Waals surface area contributed by atoms with Crippen LogP contribution in [-0.4, -0.2) is 16.0 Å². The Balaban J connectivity index is 2.27. The molecule has 0 radical (unpaired) electrons. The Morgan fingerprint density at radius 3 is 2.32 bits per heavy atom. The van der Waals surface area contributed by atoms with Gasteiger partial charge in [-0.15, -0.1) is 0 Å². The maximum Gasteiger partial charge on any atom is 0.135 e. The summed E-state index contributed by atoms with van der Waals surface area (Å²) in [6.07, 6.45) is 0. The van der Waals surface area contributed by atoms with Gasteiger partial charge in [0.05, 0.1) is 5.02 Å². The second-order valence-electron chi connectivity index (χ2n) is 4.74. The number of benzene rings is 3. The van der Waals surface area contributed by atoms with Gasteiger partial charge in [-0.1, -0.05) is 70.8 Å². The molecule has 0 aromatic heterocycles. The molecule has 3 nitrogen and oxygen atoms in total. The summed E-state index contributed by atoms with van der Waals surface area (Å²) >= 11 is 12.2. The third kappa shape index (κ3) is 2.39. The van der Waals surface area contributed by atoms with E-state index in [1.807, 2.05) is 42.5 Å². The Hall–Kier alpha value is -2.23. The van der Waals surface area contributed by atoms with Gasteiger partial charge in [0.1, 0.15) is 16.5 Å². The van der Waals surface area contributed by atoms with E-state index in [9.17, 15) is 10.3 Å². The molecule has 0 amide bonds. The highest BCUT2D eigenvalue weighted by Crippen LogP contribution is 2.35. The lowest BCUT2D eigenvalue weighted by Crippen LogP contribution is -2.05. The zero-order valence-electron chi connectivity index (χ0n) is 11.3. The minimum Gasteiger partial charge on any atom is -0.506 e. The molecule has 0 saturated carbocycles. The highest BCUT2D eigenvalue weighted by molar-refractivity contribution is 6.45. The zero-order valence-corrected chi connectivity index (χ0v) is 12.8. The van der Waals surface area contributed by atoms with Crippen LogP contribution in [0.15, 0.2) is 59.8 Å². The Labute approximate surface area is 137 Å². The van der Waals surface area contributed by atoms with Crippen molar-refractivity contribution in [2.45, 2.75) is 0 Å². The molecule has 0 aliphatic heterocycles. The first-order valence-electron chi connectivity index (χ1n) is 6.51. The quantitative estimate of drug-likeness (QED) is 0.391. The van der Waals surface area contributed by atoms with Crippen LogP contribution in [0.25, 0.3) is 10.8 Å². The Morgan fingerprint density at radius 1 is 0.818 bits per heavy atom. The molecular formula is C17H11Cl2NO2. The van der Waals surface area contributed by atoms with Crippen LogP contribution in [0.5, 0.6) is 5.75 Å². The van der Waals surface area contributed by atoms with Crippen LogP contribution in [-0.2, 0) is 0 Å². The first-order valence-corrected chi connectivity index (χ1v) is 7.26. The number of halogens is 2. The van der Waals surface area contributed by atoms with Crippen molar-refractivity contribution in [3.63, 3.8) is 0 Å².